The molecule has 0 saturated heterocycles. The number of carbonyl (C=O) groups is 1. The van der Waals surface area contributed by atoms with Crippen molar-refractivity contribution in [2.24, 2.45) is 0 Å². The van der Waals surface area contributed by atoms with E-state index < -0.39 is 11.7 Å². The van der Waals surface area contributed by atoms with Crippen LogP contribution in [0.1, 0.15) is 34.5 Å². The average molecular weight is 288 g/mol. The molecule has 1 amide bonds. The van der Waals surface area contributed by atoms with Crippen LogP contribution in [0.25, 0.3) is 0 Å². The SMILES string of the molecule is COc1ccc(C)cc1C(C)NC(=O)c1ccncc1F. The molecule has 1 aromatic heterocycles. The Bertz CT molecular complexity index is 658. The Morgan fingerprint density at radius 1 is 1.38 bits per heavy atom. The van der Waals surface area contributed by atoms with Crippen LogP contribution >= 0.6 is 0 Å². The lowest BCUT2D eigenvalue weighted by Crippen LogP contribution is -2.27. The maximum atomic E-state index is 13.6. The molecule has 5 heteroatoms. The Balaban J connectivity index is 2.22. The number of nitrogens with zero attached hydrogens (tertiary/aromatic N) is 1. The van der Waals surface area contributed by atoms with Crippen molar-refractivity contribution in [2.75, 3.05) is 7.11 Å². The lowest BCUT2D eigenvalue weighted by Gasteiger charge is -2.18. The van der Waals surface area contributed by atoms with Crippen LogP contribution in [0.15, 0.2) is 36.7 Å². The summed E-state index contributed by atoms with van der Waals surface area (Å²) in [5, 5.41) is 2.77. The van der Waals surface area contributed by atoms with Gasteiger partial charge in [0, 0.05) is 11.8 Å². The van der Waals surface area contributed by atoms with E-state index in [1.807, 2.05) is 32.0 Å². The van der Waals surface area contributed by atoms with Crippen molar-refractivity contribution >= 4 is 5.91 Å². The fourth-order valence-corrected chi connectivity index (χ4v) is 2.10. The summed E-state index contributed by atoms with van der Waals surface area (Å²) in [5.74, 6) is -0.437. The molecule has 0 aliphatic carbocycles. The number of halogens is 1. The van der Waals surface area contributed by atoms with E-state index in [1.165, 1.54) is 12.3 Å². The molecule has 1 atom stereocenters. The molecule has 0 fully saturated rings. The van der Waals surface area contributed by atoms with Crippen molar-refractivity contribution < 1.29 is 13.9 Å². The summed E-state index contributed by atoms with van der Waals surface area (Å²) in [6, 6.07) is 6.76. The van der Waals surface area contributed by atoms with Gasteiger partial charge in [-0.25, -0.2) is 4.39 Å². The third-order valence-electron chi connectivity index (χ3n) is 3.22. The number of hydrogen-bond acceptors (Lipinski definition) is 3. The number of amides is 1. The summed E-state index contributed by atoms with van der Waals surface area (Å²) < 4.78 is 18.9. The highest BCUT2D eigenvalue weighted by Gasteiger charge is 2.17. The second-order valence-electron chi connectivity index (χ2n) is 4.80. The van der Waals surface area contributed by atoms with Gasteiger partial charge in [0.05, 0.1) is 24.9 Å². The highest BCUT2D eigenvalue weighted by atomic mass is 19.1. The Morgan fingerprint density at radius 3 is 2.81 bits per heavy atom. The molecule has 1 unspecified atom stereocenters. The molecule has 110 valence electrons. The zero-order valence-corrected chi connectivity index (χ0v) is 12.2. The fourth-order valence-electron chi connectivity index (χ4n) is 2.10. The van der Waals surface area contributed by atoms with Crippen molar-refractivity contribution in [1.82, 2.24) is 10.3 Å². The van der Waals surface area contributed by atoms with Crippen LogP contribution in [0.5, 0.6) is 5.75 Å². The van der Waals surface area contributed by atoms with Crippen LogP contribution in [0.2, 0.25) is 0 Å². The molecule has 1 heterocycles. The standard InChI is InChI=1S/C16H17FN2O2/c1-10-4-5-15(21-3)13(8-10)11(2)19-16(20)12-6-7-18-9-14(12)17/h4-9,11H,1-3H3,(H,19,20). The number of carbonyl (C=O) groups excluding carboxylic acids is 1. The number of methoxy groups -OCH3 is 1. The summed E-state index contributed by atoms with van der Waals surface area (Å²) >= 11 is 0. The molecule has 0 spiro atoms. The zero-order chi connectivity index (χ0) is 15.4. The molecule has 0 saturated carbocycles. The number of ether oxygens (including phenoxy) is 1. The van der Waals surface area contributed by atoms with Gasteiger partial charge in [-0.3, -0.25) is 9.78 Å². The monoisotopic (exact) mass is 288 g/mol. The quantitative estimate of drug-likeness (QED) is 0.940. The number of aryl methyl sites for hydroxylation is 1. The van der Waals surface area contributed by atoms with Gasteiger partial charge in [0.2, 0.25) is 0 Å². The number of benzene rings is 1. The molecular formula is C16H17FN2O2. The predicted octanol–water partition coefficient (Wildman–Crippen LogP) is 3.03. The molecule has 4 nitrogen and oxygen atoms in total. The summed E-state index contributed by atoms with van der Waals surface area (Å²) in [4.78, 5) is 15.7. The van der Waals surface area contributed by atoms with Crippen molar-refractivity contribution in [3.05, 3.63) is 59.2 Å². The Hall–Kier alpha value is -2.43. The van der Waals surface area contributed by atoms with Crippen LogP contribution in [0, 0.1) is 12.7 Å². The number of rotatable bonds is 4. The van der Waals surface area contributed by atoms with E-state index in [0.717, 1.165) is 17.3 Å². The van der Waals surface area contributed by atoms with Crippen molar-refractivity contribution in [3.8, 4) is 5.75 Å². The molecule has 0 bridgehead atoms. The lowest BCUT2D eigenvalue weighted by atomic mass is 10.0. The minimum atomic E-state index is -0.640. The van der Waals surface area contributed by atoms with Gasteiger partial charge in [-0.2, -0.15) is 0 Å². The number of pyridine rings is 1. The normalized spacial score (nSPS) is 11.8. The summed E-state index contributed by atoms with van der Waals surface area (Å²) in [5.41, 5.74) is 1.88. The third kappa shape index (κ3) is 3.37. The van der Waals surface area contributed by atoms with E-state index in [2.05, 4.69) is 10.3 Å². The second kappa shape index (κ2) is 6.35. The summed E-state index contributed by atoms with van der Waals surface area (Å²) in [6.07, 6.45) is 2.41. The molecule has 2 rings (SSSR count). The van der Waals surface area contributed by atoms with E-state index in [-0.39, 0.29) is 11.6 Å². The highest BCUT2D eigenvalue weighted by molar-refractivity contribution is 5.94. The summed E-state index contributed by atoms with van der Waals surface area (Å²) in [6.45, 7) is 3.79. The fraction of sp³-hybridized carbons (Fsp3) is 0.250. The first-order chi connectivity index (χ1) is 10.0. The van der Waals surface area contributed by atoms with Crippen LogP contribution in [-0.2, 0) is 0 Å². The second-order valence-corrected chi connectivity index (χ2v) is 4.80. The van der Waals surface area contributed by atoms with Crippen LogP contribution in [0.4, 0.5) is 4.39 Å². The molecule has 0 radical (unpaired) electrons. The Labute approximate surface area is 123 Å². The largest absolute Gasteiger partial charge is 0.496 e. The Kier molecular flexibility index (Phi) is 4.52. The molecule has 1 N–H and O–H groups in total. The van der Waals surface area contributed by atoms with E-state index in [1.54, 1.807) is 7.11 Å². The van der Waals surface area contributed by atoms with Crippen LogP contribution in [0.3, 0.4) is 0 Å². The first-order valence-electron chi connectivity index (χ1n) is 6.58. The van der Waals surface area contributed by atoms with Gasteiger partial charge < -0.3 is 10.1 Å². The van der Waals surface area contributed by atoms with E-state index in [9.17, 15) is 9.18 Å². The van der Waals surface area contributed by atoms with E-state index >= 15 is 0 Å². The third-order valence-corrected chi connectivity index (χ3v) is 3.22. The topological polar surface area (TPSA) is 51.2 Å². The molecule has 0 aliphatic heterocycles. The molecule has 21 heavy (non-hydrogen) atoms. The van der Waals surface area contributed by atoms with Crippen molar-refractivity contribution in [1.29, 1.82) is 0 Å². The van der Waals surface area contributed by atoms with Crippen molar-refractivity contribution in [3.63, 3.8) is 0 Å². The summed E-state index contributed by atoms with van der Waals surface area (Å²) in [7, 11) is 1.57. The van der Waals surface area contributed by atoms with Gasteiger partial charge in [-0.05, 0) is 26.0 Å². The lowest BCUT2D eigenvalue weighted by molar-refractivity contribution is 0.0935. The maximum Gasteiger partial charge on any atom is 0.254 e. The minimum Gasteiger partial charge on any atom is -0.496 e. The van der Waals surface area contributed by atoms with Gasteiger partial charge in [-0.1, -0.05) is 17.7 Å². The van der Waals surface area contributed by atoms with Crippen LogP contribution in [-0.4, -0.2) is 18.0 Å². The first kappa shape index (κ1) is 15.0. The van der Waals surface area contributed by atoms with E-state index in [4.69, 9.17) is 4.74 Å². The highest BCUT2D eigenvalue weighted by Crippen LogP contribution is 2.26. The number of hydrogen-bond donors (Lipinski definition) is 1. The smallest absolute Gasteiger partial charge is 0.254 e. The molecular weight excluding hydrogens is 271 g/mol. The van der Waals surface area contributed by atoms with Gasteiger partial charge >= 0.3 is 0 Å². The van der Waals surface area contributed by atoms with Gasteiger partial charge in [0.1, 0.15) is 5.75 Å². The minimum absolute atomic E-state index is 0.0246. The van der Waals surface area contributed by atoms with Gasteiger partial charge in [-0.15, -0.1) is 0 Å². The molecule has 1 aromatic carbocycles. The van der Waals surface area contributed by atoms with Gasteiger partial charge in [0.15, 0.2) is 5.82 Å². The van der Waals surface area contributed by atoms with Crippen LogP contribution < -0.4 is 10.1 Å². The first-order valence-corrected chi connectivity index (χ1v) is 6.58. The van der Waals surface area contributed by atoms with E-state index in [0.29, 0.717) is 5.75 Å². The predicted molar refractivity (Wildman–Crippen MR) is 77.8 cm³/mol. The number of nitrogens with one attached hydrogen (secondary N) is 1. The zero-order valence-electron chi connectivity index (χ0n) is 12.2. The maximum absolute atomic E-state index is 13.6. The number of aromatic nitrogens is 1. The average Bonchev–Trinajstić information content (AvgIpc) is 2.47. The van der Waals surface area contributed by atoms with Crippen molar-refractivity contribution in [2.45, 2.75) is 19.9 Å². The molecule has 0 aliphatic rings. The van der Waals surface area contributed by atoms with Gasteiger partial charge in [0.25, 0.3) is 5.91 Å². The Morgan fingerprint density at radius 2 is 2.14 bits per heavy atom. The molecule has 2 aromatic rings.